The first-order chi connectivity index (χ1) is 12.2. The SMILES string of the molecule is OCc1ccc(C2=CC(c3ccc4c(c3)nnn4C(O)O)=CC2)cc1. The molecule has 0 saturated heterocycles. The third kappa shape index (κ3) is 2.87. The standard InChI is InChI=1S/C19H17N3O3/c23-11-12-1-3-13(4-2-12)14-5-6-15(9-14)16-7-8-18-17(10-16)20-21-22(18)19(24)25/h1-4,6-10,19,23-25H,5,11H2. The fourth-order valence-corrected chi connectivity index (χ4v) is 3.04. The fourth-order valence-electron chi connectivity index (χ4n) is 3.04. The molecule has 3 N–H and O–H groups in total. The molecule has 0 atom stereocenters. The van der Waals surface area contributed by atoms with Crippen molar-refractivity contribution in [1.29, 1.82) is 0 Å². The van der Waals surface area contributed by atoms with Crippen LogP contribution in [-0.2, 0) is 6.61 Å². The lowest BCUT2D eigenvalue weighted by Gasteiger charge is -2.04. The van der Waals surface area contributed by atoms with Gasteiger partial charge in [0.1, 0.15) is 5.52 Å². The molecule has 25 heavy (non-hydrogen) atoms. The molecule has 0 saturated carbocycles. The molecule has 2 aromatic carbocycles. The summed E-state index contributed by atoms with van der Waals surface area (Å²) in [5.74, 6) is 0. The fraction of sp³-hybridized carbons (Fsp3) is 0.158. The van der Waals surface area contributed by atoms with Gasteiger partial charge in [-0.3, -0.25) is 0 Å². The molecular formula is C19H17N3O3. The highest BCUT2D eigenvalue weighted by Gasteiger charge is 2.14. The Balaban J connectivity index is 1.63. The maximum atomic E-state index is 9.27. The third-order valence-electron chi connectivity index (χ3n) is 4.40. The highest BCUT2D eigenvalue weighted by molar-refractivity contribution is 5.91. The second-order valence-electron chi connectivity index (χ2n) is 5.97. The second kappa shape index (κ2) is 6.25. The highest BCUT2D eigenvalue weighted by atomic mass is 16.5. The van der Waals surface area contributed by atoms with Gasteiger partial charge in [-0.05, 0) is 46.4 Å². The summed E-state index contributed by atoms with van der Waals surface area (Å²) < 4.78 is 1.06. The zero-order valence-electron chi connectivity index (χ0n) is 13.4. The Labute approximate surface area is 144 Å². The summed E-state index contributed by atoms with van der Waals surface area (Å²) in [7, 11) is 0. The van der Waals surface area contributed by atoms with Crippen LogP contribution < -0.4 is 0 Å². The zero-order chi connectivity index (χ0) is 17.4. The van der Waals surface area contributed by atoms with Crippen molar-refractivity contribution in [3.8, 4) is 0 Å². The van der Waals surface area contributed by atoms with E-state index in [4.69, 9.17) is 5.11 Å². The van der Waals surface area contributed by atoms with E-state index in [-0.39, 0.29) is 6.61 Å². The highest BCUT2D eigenvalue weighted by Crippen LogP contribution is 2.33. The number of aromatic nitrogens is 3. The molecule has 0 fully saturated rings. The molecule has 1 aliphatic rings. The maximum Gasteiger partial charge on any atom is 0.256 e. The van der Waals surface area contributed by atoms with Gasteiger partial charge in [-0.25, -0.2) is 0 Å². The molecule has 0 unspecified atom stereocenters. The Morgan fingerprint density at radius 3 is 2.52 bits per heavy atom. The van der Waals surface area contributed by atoms with E-state index in [1.807, 2.05) is 36.4 Å². The van der Waals surface area contributed by atoms with Crippen LogP contribution in [0.1, 0.15) is 29.5 Å². The van der Waals surface area contributed by atoms with E-state index in [0.29, 0.717) is 11.0 Å². The Morgan fingerprint density at radius 1 is 1.04 bits per heavy atom. The lowest BCUT2D eigenvalue weighted by molar-refractivity contribution is -0.108. The predicted molar refractivity (Wildman–Crippen MR) is 93.9 cm³/mol. The van der Waals surface area contributed by atoms with Gasteiger partial charge < -0.3 is 15.3 Å². The van der Waals surface area contributed by atoms with E-state index >= 15 is 0 Å². The average molecular weight is 335 g/mol. The summed E-state index contributed by atoms with van der Waals surface area (Å²) in [6.07, 6.45) is 3.44. The van der Waals surface area contributed by atoms with Gasteiger partial charge in [0.25, 0.3) is 6.41 Å². The van der Waals surface area contributed by atoms with Crippen molar-refractivity contribution in [2.75, 3.05) is 0 Å². The van der Waals surface area contributed by atoms with Crippen LogP contribution in [0.5, 0.6) is 0 Å². The molecule has 0 amide bonds. The van der Waals surface area contributed by atoms with Crippen LogP contribution in [-0.4, -0.2) is 30.3 Å². The molecule has 0 radical (unpaired) electrons. The first kappa shape index (κ1) is 15.7. The molecule has 1 aromatic heterocycles. The minimum absolute atomic E-state index is 0.0477. The number of hydrogen-bond acceptors (Lipinski definition) is 5. The summed E-state index contributed by atoms with van der Waals surface area (Å²) in [5, 5.41) is 35.4. The topological polar surface area (TPSA) is 91.4 Å². The molecule has 3 aromatic rings. The Morgan fingerprint density at radius 2 is 1.80 bits per heavy atom. The van der Waals surface area contributed by atoms with E-state index < -0.39 is 6.41 Å². The van der Waals surface area contributed by atoms with Gasteiger partial charge in [0.05, 0.1) is 12.1 Å². The smallest absolute Gasteiger partial charge is 0.256 e. The number of benzene rings is 2. The van der Waals surface area contributed by atoms with Crippen LogP contribution in [0, 0.1) is 0 Å². The van der Waals surface area contributed by atoms with Gasteiger partial charge in [0.15, 0.2) is 0 Å². The Hall–Kier alpha value is -2.80. The second-order valence-corrected chi connectivity index (χ2v) is 5.97. The van der Waals surface area contributed by atoms with Crippen molar-refractivity contribution < 1.29 is 15.3 Å². The molecule has 0 bridgehead atoms. The minimum Gasteiger partial charge on any atom is -0.392 e. The van der Waals surface area contributed by atoms with Crippen LogP contribution in [0.15, 0.2) is 54.6 Å². The van der Waals surface area contributed by atoms with E-state index in [9.17, 15) is 10.2 Å². The number of aliphatic hydroxyl groups is 3. The zero-order valence-corrected chi connectivity index (χ0v) is 13.4. The van der Waals surface area contributed by atoms with Crippen LogP contribution in [0.2, 0.25) is 0 Å². The van der Waals surface area contributed by atoms with Crippen molar-refractivity contribution in [3.63, 3.8) is 0 Å². The van der Waals surface area contributed by atoms with E-state index in [1.54, 1.807) is 6.07 Å². The molecule has 4 rings (SSSR count). The quantitative estimate of drug-likeness (QED) is 0.636. The average Bonchev–Trinajstić information content (AvgIpc) is 3.28. The molecule has 0 spiro atoms. The third-order valence-corrected chi connectivity index (χ3v) is 4.40. The van der Waals surface area contributed by atoms with Crippen molar-refractivity contribution in [3.05, 3.63) is 71.3 Å². The van der Waals surface area contributed by atoms with Gasteiger partial charge in [-0.2, -0.15) is 4.68 Å². The van der Waals surface area contributed by atoms with Gasteiger partial charge in [-0.15, -0.1) is 5.10 Å². The Kier molecular flexibility index (Phi) is 3.93. The molecule has 1 heterocycles. The van der Waals surface area contributed by atoms with E-state index in [1.165, 1.54) is 5.57 Å². The summed E-state index contributed by atoms with van der Waals surface area (Å²) >= 11 is 0. The summed E-state index contributed by atoms with van der Waals surface area (Å²) in [5.41, 5.74) is 6.54. The summed E-state index contributed by atoms with van der Waals surface area (Å²) in [6.45, 7) is 0.0477. The summed E-state index contributed by atoms with van der Waals surface area (Å²) in [4.78, 5) is 0. The molecular weight excluding hydrogens is 318 g/mol. The summed E-state index contributed by atoms with van der Waals surface area (Å²) in [6, 6.07) is 13.5. The van der Waals surface area contributed by atoms with Gasteiger partial charge in [0.2, 0.25) is 0 Å². The van der Waals surface area contributed by atoms with Crippen molar-refractivity contribution in [2.24, 2.45) is 0 Å². The molecule has 6 nitrogen and oxygen atoms in total. The van der Waals surface area contributed by atoms with Crippen LogP contribution in [0.4, 0.5) is 0 Å². The van der Waals surface area contributed by atoms with Crippen molar-refractivity contribution in [2.45, 2.75) is 19.4 Å². The number of rotatable bonds is 4. The lowest BCUT2D eigenvalue weighted by atomic mass is 10.0. The number of hydrogen-bond donors (Lipinski definition) is 3. The Bertz CT molecular complexity index is 985. The van der Waals surface area contributed by atoms with Crippen molar-refractivity contribution >= 4 is 22.2 Å². The first-order valence-corrected chi connectivity index (χ1v) is 7.98. The molecule has 0 aliphatic heterocycles. The predicted octanol–water partition coefficient (Wildman–Crippen LogP) is 2.24. The van der Waals surface area contributed by atoms with Gasteiger partial charge in [-0.1, -0.05) is 47.7 Å². The normalized spacial score (nSPS) is 14.2. The number of aliphatic hydroxyl groups excluding tert-OH is 2. The molecule has 6 heteroatoms. The van der Waals surface area contributed by atoms with E-state index in [0.717, 1.165) is 33.4 Å². The maximum absolute atomic E-state index is 9.27. The van der Waals surface area contributed by atoms with Crippen molar-refractivity contribution in [1.82, 2.24) is 15.0 Å². The van der Waals surface area contributed by atoms with Crippen LogP contribution in [0.25, 0.3) is 22.2 Å². The van der Waals surface area contributed by atoms with Crippen LogP contribution in [0.3, 0.4) is 0 Å². The minimum atomic E-state index is -1.70. The lowest BCUT2D eigenvalue weighted by Crippen LogP contribution is -2.08. The van der Waals surface area contributed by atoms with E-state index in [2.05, 4.69) is 22.5 Å². The number of nitrogens with zero attached hydrogens (tertiary/aromatic N) is 3. The van der Waals surface area contributed by atoms with Gasteiger partial charge >= 0.3 is 0 Å². The number of fused-ring (bicyclic) bond motifs is 1. The monoisotopic (exact) mass is 335 g/mol. The molecule has 1 aliphatic carbocycles. The number of allylic oxidation sites excluding steroid dienone is 4. The molecule has 126 valence electrons. The van der Waals surface area contributed by atoms with Gasteiger partial charge in [0, 0.05) is 0 Å². The first-order valence-electron chi connectivity index (χ1n) is 7.98. The van der Waals surface area contributed by atoms with Crippen LogP contribution >= 0.6 is 0 Å². The largest absolute Gasteiger partial charge is 0.392 e.